The van der Waals surface area contributed by atoms with E-state index in [0.717, 1.165) is 12.8 Å². The van der Waals surface area contributed by atoms with Crippen LogP contribution in [0.1, 0.15) is 54.4 Å². The van der Waals surface area contributed by atoms with Gasteiger partial charge in [0.25, 0.3) is 0 Å². The van der Waals surface area contributed by atoms with Crippen LogP contribution in [-0.2, 0) is 10.9 Å². The molecule has 0 aromatic rings. The van der Waals surface area contributed by atoms with E-state index in [9.17, 15) is 8.42 Å². The summed E-state index contributed by atoms with van der Waals surface area (Å²) in [6.45, 7) is 11.9. The molecule has 4 heteroatoms. The van der Waals surface area contributed by atoms with Crippen LogP contribution in [0.5, 0.6) is 0 Å². The van der Waals surface area contributed by atoms with Crippen molar-refractivity contribution in [3.8, 4) is 0 Å². The van der Waals surface area contributed by atoms with Crippen LogP contribution >= 0.6 is 0 Å². The van der Waals surface area contributed by atoms with Crippen LogP contribution in [0.4, 0.5) is 0 Å². The summed E-state index contributed by atoms with van der Waals surface area (Å²) >= 11 is 0. The van der Waals surface area contributed by atoms with Gasteiger partial charge in [-0.1, -0.05) is 13.8 Å². The summed E-state index contributed by atoms with van der Waals surface area (Å²) in [5.74, 6) is 0. The van der Waals surface area contributed by atoms with E-state index in [1.165, 1.54) is 0 Å². The molecule has 0 atom stereocenters. The maximum Gasteiger partial charge on any atom is 0.204 e. The van der Waals surface area contributed by atoms with Crippen LogP contribution in [-0.4, -0.2) is 23.8 Å². The summed E-state index contributed by atoms with van der Waals surface area (Å²) < 4.78 is 24.2. The van der Waals surface area contributed by atoms with Gasteiger partial charge in [-0.05, 0) is 40.5 Å². The Balaban J connectivity index is 5.17. The molecule has 0 saturated heterocycles. The molecule has 0 amide bonds. The van der Waals surface area contributed by atoms with E-state index in [2.05, 4.69) is 0 Å². The Morgan fingerprint density at radius 2 is 1.21 bits per heavy atom. The molecule has 0 aliphatic rings. The third-order valence-electron chi connectivity index (χ3n) is 3.04. The molecule has 0 bridgehead atoms. The third-order valence-corrected chi connectivity index (χ3v) is 4.45. The number of hydrogen-bond acceptors (Lipinski definition) is 2. The van der Waals surface area contributed by atoms with E-state index in [-0.39, 0.29) is 11.1 Å². The number of rotatable bonds is 5. The molecule has 0 N–H and O–H groups in total. The van der Waals surface area contributed by atoms with Crippen molar-refractivity contribution in [3.05, 3.63) is 0 Å². The van der Waals surface area contributed by atoms with Crippen molar-refractivity contribution in [3.63, 3.8) is 0 Å². The smallest absolute Gasteiger partial charge is 0.204 e. The van der Waals surface area contributed by atoms with Crippen LogP contribution in [0.25, 0.3) is 0 Å². The van der Waals surface area contributed by atoms with Crippen molar-refractivity contribution < 1.29 is 8.42 Å². The normalized spacial score (nSPS) is 14.0. The van der Waals surface area contributed by atoms with Crippen molar-refractivity contribution in [1.29, 1.82) is 0 Å². The Labute approximate surface area is 89.6 Å². The highest BCUT2D eigenvalue weighted by Gasteiger charge is 2.37. The van der Waals surface area contributed by atoms with E-state index in [1.54, 1.807) is 4.31 Å². The molecular formula is C10H23NO2S. The first-order valence-corrected chi connectivity index (χ1v) is 6.26. The average molecular weight is 221 g/mol. The van der Waals surface area contributed by atoms with E-state index in [4.69, 9.17) is 0 Å². The quantitative estimate of drug-likeness (QED) is 0.723. The van der Waals surface area contributed by atoms with Gasteiger partial charge >= 0.3 is 0 Å². The molecule has 0 rings (SSSR count). The van der Waals surface area contributed by atoms with Gasteiger partial charge in [-0.3, -0.25) is 0 Å². The second-order valence-electron chi connectivity index (χ2n) is 4.88. The van der Waals surface area contributed by atoms with E-state index < -0.39 is 10.9 Å². The van der Waals surface area contributed by atoms with Crippen LogP contribution in [0.2, 0.25) is 0 Å². The molecule has 0 fully saturated rings. The summed E-state index contributed by atoms with van der Waals surface area (Å²) in [5.41, 5.74) is -0.594. The standard InChI is InChI=1S/C10H23NO2S/c1-7-9(3,4)11(14(12)13)10(5,6)8-2/h14H,7-8H2,1-6H3. The van der Waals surface area contributed by atoms with Gasteiger partial charge in [-0.25, -0.2) is 8.42 Å². The molecule has 0 unspecified atom stereocenters. The zero-order chi connectivity index (χ0) is 11.6. The maximum absolute atomic E-state index is 11.3. The summed E-state index contributed by atoms with van der Waals surface area (Å²) in [5, 5.41) is 0. The third kappa shape index (κ3) is 2.95. The minimum atomic E-state index is -2.52. The zero-order valence-corrected chi connectivity index (χ0v) is 11.0. The van der Waals surface area contributed by atoms with Gasteiger partial charge in [0.2, 0.25) is 10.9 Å². The van der Waals surface area contributed by atoms with Gasteiger partial charge < -0.3 is 0 Å². The molecule has 0 aromatic carbocycles. The maximum atomic E-state index is 11.3. The summed E-state index contributed by atoms with van der Waals surface area (Å²) in [7, 11) is -2.52. The van der Waals surface area contributed by atoms with Crippen LogP contribution in [0.3, 0.4) is 0 Å². The van der Waals surface area contributed by atoms with Crippen molar-refractivity contribution >= 4 is 10.9 Å². The number of hydrogen-bond donors (Lipinski definition) is 1. The van der Waals surface area contributed by atoms with E-state index in [1.807, 2.05) is 41.5 Å². The second-order valence-corrected chi connectivity index (χ2v) is 5.76. The minimum absolute atomic E-state index is 0.297. The first kappa shape index (κ1) is 13.9. The number of thiol groups is 1. The summed E-state index contributed by atoms with van der Waals surface area (Å²) in [6, 6.07) is 0. The summed E-state index contributed by atoms with van der Waals surface area (Å²) in [6.07, 6.45) is 1.64. The second kappa shape index (κ2) is 4.62. The zero-order valence-electron chi connectivity index (χ0n) is 10.1. The number of nitrogens with zero attached hydrogens (tertiary/aromatic N) is 1. The fourth-order valence-corrected chi connectivity index (χ4v) is 2.73. The monoisotopic (exact) mass is 221 g/mol. The van der Waals surface area contributed by atoms with Crippen molar-refractivity contribution in [2.24, 2.45) is 0 Å². The summed E-state index contributed by atoms with van der Waals surface area (Å²) in [4.78, 5) is 0. The first-order chi connectivity index (χ1) is 6.19. The lowest BCUT2D eigenvalue weighted by Gasteiger charge is -2.43. The van der Waals surface area contributed by atoms with Crippen LogP contribution in [0.15, 0.2) is 0 Å². The molecule has 0 radical (unpaired) electrons. The fraction of sp³-hybridized carbons (Fsp3) is 1.00. The molecule has 0 aliphatic carbocycles. The topological polar surface area (TPSA) is 37.4 Å². The SMILES string of the molecule is CCC(C)(C)N([SH](=O)=O)C(C)(C)CC. The lowest BCUT2D eigenvalue weighted by molar-refractivity contribution is 0.109. The predicted octanol–water partition coefficient (Wildman–Crippen LogP) is 2.19. The Morgan fingerprint density at radius 1 is 0.929 bits per heavy atom. The van der Waals surface area contributed by atoms with Gasteiger partial charge in [-0.2, -0.15) is 4.31 Å². The molecule has 14 heavy (non-hydrogen) atoms. The first-order valence-electron chi connectivity index (χ1n) is 5.13. The highest BCUT2D eigenvalue weighted by atomic mass is 32.2. The Morgan fingerprint density at radius 3 is 1.36 bits per heavy atom. The lowest BCUT2D eigenvalue weighted by Crippen LogP contribution is -2.53. The van der Waals surface area contributed by atoms with E-state index >= 15 is 0 Å². The van der Waals surface area contributed by atoms with Crippen LogP contribution < -0.4 is 0 Å². The fourth-order valence-electron chi connectivity index (χ4n) is 1.56. The minimum Gasteiger partial charge on any atom is -0.215 e. The predicted molar refractivity (Wildman–Crippen MR) is 60.9 cm³/mol. The Hall–Kier alpha value is -0.0900. The lowest BCUT2D eigenvalue weighted by atomic mass is 9.93. The highest BCUT2D eigenvalue weighted by molar-refractivity contribution is 7.70. The van der Waals surface area contributed by atoms with Gasteiger partial charge in [0.05, 0.1) is 0 Å². The van der Waals surface area contributed by atoms with E-state index in [0.29, 0.717) is 0 Å². The van der Waals surface area contributed by atoms with Gasteiger partial charge in [0.1, 0.15) is 0 Å². The molecule has 0 saturated carbocycles. The van der Waals surface area contributed by atoms with Gasteiger partial charge in [0.15, 0.2) is 0 Å². The van der Waals surface area contributed by atoms with Crippen molar-refractivity contribution in [2.45, 2.75) is 65.5 Å². The van der Waals surface area contributed by atoms with Crippen molar-refractivity contribution in [1.82, 2.24) is 4.31 Å². The molecule has 86 valence electrons. The van der Waals surface area contributed by atoms with Gasteiger partial charge in [-0.15, -0.1) is 0 Å². The molecule has 0 spiro atoms. The Kier molecular flexibility index (Phi) is 4.59. The highest BCUT2D eigenvalue weighted by Crippen LogP contribution is 2.29. The Bertz CT molecular complexity index is 233. The van der Waals surface area contributed by atoms with Crippen molar-refractivity contribution in [2.75, 3.05) is 0 Å². The largest absolute Gasteiger partial charge is 0.215 e. The molecule has 0 heterocycles. The van der Waals surface area contributed by atoms with Crippen LogP contribution in [0, 0.1) is 0 Å². The molecular weight excluding hydrogens is 198 g/mol. The van der Waals surface area contributed by atoms with Gasteiger partial charge in [0, 0.05) is 11.1 Å². The average Bonchev–Trinajstić information content (AvgIpc) is 2.02. The molecule has 0 aliphatic heterocycles. The molecule has 3 nitrogen and oxygen atoms in total. The molecule has 0 aromatic heterocycles.